The van der Waals surface area contributed by atoms with E-state index in [2.05, 4.69) is 40.0 Å². The summed E-state index contributed by atoms with van der Waals surface area (Å²) in [5, 5.41) is 0. The van der Waals surface area contributed by atoms with E-state index < -0.39 is 0 Å². The minimum atomic E-state index is 0.496. The third-order valence-corrected chi connectivity index (χ3v) is 5.09. The fourth-order valence-corrected chi connectivity index (χ4v) is 3.49. The molecule has 1 saturated heterocycles. The van der Waals surface area contributed by atoms with Crippen molar-refractivity contribution < 1.29 is 4.74 Å². The van der Waals surface area contributed by atoms with Crippen molar-refractivity contribution in [1.82, 2.24) is 19.3 Å². The first-order valence-electron chi connectivity index (χ1n) is 8.98. The van der Waals surface area contributed by atoms with Gasteiger partial charge in [0.25, 0.3) is 0 Å². The van der Waals surface area contributed by atoms with Gasteiger partial charge in [0.2, 0.25) is 5.88 Å². The third-order valence-electron chi connectivity index (χ3n) is 5.09. The molecule has 6 heteroatoms. The summed E-state index contributed by atoms with van der Waals surface area (Å²) in [6, 6.07) is 10.2. The number of piperazine rings is 1. The van der Waals surface area contributed by atoms with E-state index in [1.807, 2.05) is 35.0 Å². The molecule has 3 aromatic rings. The Hall–Kier alpha value is -2.86. The normalized spacial score (nSPS) is 17.7. The second-order valence-electron chi connectivity index (χ2n) is 6.90. The molecular weight excluding hydrogens is 326 g/mol. The van der Waals surface area contributed by atoms with Crippen molar-refractivity contribution >= 4 is 23.1 Å². The Labute approximate surface area is 152 Å². The SMILES string of the molecule is CN1CCN(c2ccc3c(n2)OCC(c2cn4ccccc4n2)=C3)CC1. The summed E-state index contributed by atoms with van der Waals surface area (Å²) in [5.74, 6) is 1.72. The molecule has 5 rings (SSSR count). The van der Waals surface area contributed by atoms with Gasteiger partial charge in [-0.05, 0) is 37.4 Å². The van der Waals surface area contributed by atoms with E-state index in [1.165, 1.54) is 0 Å². The molecule has 0 unspecified atom stereocenters. The van der Waals surface area contributed by atoms with Crippen LogP contribution in [0.4, 0.5) is 5.82 Å². The van der Waals surface area contributed by atoms with Crippen LogP contribution in [0.1, 0.15) is 11.3 Å². The van der Waals surface area contributed by atoms with Crippen molar-refractivity contribution in [2.24, 2.45) is 0 Å². The monoisotopic (exact) mass is 347 g/mol. The van der Waals surface area contributed by atoms with Crippen LogP contribution in [0.25, 0.3) is 17.3 Å². The van der Waals surface area contributed by atoms with Gasteiger partial charge in [0, 0.05) is 49.7 Å². The lowest BCUT2D eigenvalue weighted by molar-refractivity contribution is 0.310. The zero-order valence-corrected chi connectivity index (χ0v) is 14.8. The highest BCUT2D eigenvalue weighted by atomic mass is 16.5. The van der Waals surface area contributed by atoms with Gasteiger partial charge in [-0.1, -0.05) is 6.07 Å². The summed E-state index contributed by atoms with van der Waals surface area (Å²) in [6.07, 6.45) is 6.19. The topological polar surface area (TPSA) is 45.9 Å². The van der Waals surface area contributed by atoms with Crippen LogP contribution >= 0.6 is 0 Å². The molecule has 0 N–H and O–H groups in total. The predicted octanol–water partition coefficient (Wildman–Crippen LogP) is 2.41. The van der Waals surface area contributed by atoms with Crippen LogP contribution in [-0.2, 0) is 0 Å². The lowest BCUT2D eigenvalue weighted by Gasteiger charge is -2.33. The maximum atomic E-state index is 5.97. The summed E-state index contributed by atoms with van der Waals surface area (Å²) in [4.78, 5) is 14.1. The zero-order chi connectivity index (χ0) is 17.5. The lowest BCUT2D eigenvalue weighted by atomic mass is 10.1. The number of nitrogens with zero attached hydrogens (tertiary/aromatic N) is 5. The van der Waals surface area contributed by atoms with Crippen LogP contribution in [0.3, 0.4) is 0 Å². The maximum absolute atomic E-state index is 5.97. The van der Waals surface area contributed by atoms with Crippen molar-refractivity contribution in [3.05, 3.63) is 54.0 Å². The fraction of sp³-hybridized carbons (Fsp3) is 0.300. The van der Waals surface area contributed by atoms with Crippen molar-refractivity contribution in [2.75, 3.05) is 44.7 Å². The zero-order valence-electron chi connectivity index (χ0n) is 14.8. The number of rotatable bonds is 2. The van der Waals surface area contributed by atoms with Crippen LogP contribution in [0.5, 0.6) is 5.88 Å². The fourth-order valence-electron chi connectivity index (χ4n) is 3.49. The van der Waals surface area contributed by atoms with Crippen LogP contribution in [0.15, 0.2) is 42.7 Å². The molecule has 5 heterocycles. The third kappa shape index (κ3) is 2.72. The number of pyridine rings is 2. The van der Waals surface area contributed by atoms with Crippen LogP contribution in [0, 0.1) is 0 Å². The minimum absolute atomic E-state index is 0.496. The van der Waals surface area contributed by atoms with Crippen molar-refractivity contribution in [1.29, 1.82) is 0 Å². The predicted molar refractivity (Wildman–Crippen MR) is 103 cm³/mol. The molecule has 2 aliphatic rings. The number of hydrogen-bond acceptors (Lipinski definition) is 5. The molecule has 0 amide bonds. The van der Waals surface area contributed by atoms with Gasteiger partial charge in [-0.2, -0.15) is 4.98 Å². The largest absolute Gasteiger partial charge is 0.472 e. The molecule has 0 spiro atoms. The highest BCUT2D eigenvalue weighted by Gasteiger charge is 2.20. The highest BCUT2D eigenvalue weighted by molar-refractivity contribution is 5.84. The standard InChI is InChI=1S/C20H21N5O/c1-23-8-10-24(11-9-23)19-6-5-15-12-16(14-26-20(15)22-19)17-13-25-7-3-2-4-18(25)21-17/h2-7,12-13H,8-11,14H2,1H3. The van der Waals surface area contributed by atoms with E-state index in [4.69, 9.17) is 9.72 Å². The Kier molecular flexibility index (Phi) is 3.64. The second kappa shape index (κ2) is 6.14. The maximum Gasteiger partial charge on any atom is 0.223 e. The molecule has 6 nitrogen and oxygen atoms in total. The van der Waals surface area contributed by atoms with Gasteiger partial charge in [0.05, 0.1) is 5.69 Å². The summed E-state index contributed by atoms with van der Waals surface area (Å²) in [5.41, 5.74) is 3.99. The molecule has 0 aliphatic carbocycles. The molecule has 0 atom stereocenters. The Bertz CT molecular complexity index is 952. The number of anilines is 1. The molecule has 0 radical (unpaired) electrons. The van der Waals surface area contributed by atoms with E-state index >= 15 is 0 Å². The molecule has 0 saturated carbocycles. The van der Waals surface area contributed by atoms with Gasteiger partial charge in [0.15, 0.2) is 0 Å². The van der Waals surface area contributed by atoms with Gasteiger partial charge in [-0.25, -0.2) is 4.98 Å². The number of likely N-dealkylation sites (N-methyl/N-ethyl adjacent to an activating group) is 1. The summed E-state index contributed by atoms with van der Waals surface area (Å²) in [7, 11) is 2.16. The number of imidazole rings is 1. The van der Waals surface area contributed by atoms with Crippen LogP contribution < -0.4 is 9.64 Å². The first-order chi connectivity index (χ1) is 12.8. The quantitative estimate of drug-likeness (QED) is 0.712. The minimum Gasteiger partial charge on any atom is -0.472 e. The Balaban J connectivity index is 1.43. The molecular formula is C20H21N5O. The molecule has 26 heavy (non-hydrogen) atoms. The van der Waals surface area contributed by atoms with E-state index in [0.717, 1.165) is 54.5 Å². The molecule has 132 valence electrons. The van der Waals surface area contributed by atoms with Gasteiger partial charge < -0.3 is 18.9 Å². The first-order valence-corrected chi connectivity index (χ1v) is 8.98. The summed E-state index contributed by atoms with van der Waals surface area (Å²) >= 11 is 0. The number of ether oxygens (including phenoxy) is 1. The van der Waals surface area contributed by atoms with Gasteiger partial charge >= 0.3 is 0 Å². The number of fused-ring (bicyclic) bond motifs is 2. The van der Waals surface area contributed by atoms with E-state index in [-0.39, 0.29) is 0 Å². The average molecular weight is 347 g/mol. The van der Waals surface area contributed by atoms with Crippen molar-refractivity contribution in [3.63, 3.8) is 0 Å². The summed E-state index contributed by atoms with van der Waals surface area (Å²) < 4.78 is 8.00. The van der Waals surface area contributed by atoms with E-state index in [9.17, 15) is 0 Å². The molecule has 0 aromatic carbocycles. The number of hydrogen-bond donors (Lipinski definition) is 0. The molecule has 1 fully saturated rings. The average Bonchev–Trinajstić information content (AvgIpc) is 3.12. The smallest absolute Gasteiger partial charge is 0.223 e. The van der Waals surface area contributed by atoms with Crippen molar-refractivity contribution in [2.45, 2.75) is 0 Å². The first kappa shape index (κ1) is 15.4. The Morgan fingerprint density at radius 2 is 1.88 bits per heavy atom. The molecule has 0 bridgehead atoms. The van der Waals surface area contributed by atoms with Crippen LogP contribution in [-0.4, -0.2) is 59.1 Å². The van der Waals surface area contributed by atoms with Crippen molar-refractivity contribution in [3.8, 4) is 5.88 Å². The van der Waals surface area contributed by atoms with Crippen LogP contribution in [0.2, 0.25) is 0 Å². The second-order valence-corrected chi connectivity index (χ2v) is 6.90. The molecule has 3 aromatic heterocycles. The Morgan fingerprint density at radius 1 is 1.00 bits per heavy atom. The Morgan fingerprint density at radius 3 is 2.73 bits per heavy atom. The van der Waals surface area contributed by atoms with E-state index in [0.29, 0.717) is 12.5 Å². The summed E-state index contributed by atoms with van der Waals surface area (Å²) in [6.45, 7) is 4.64. The van der Waals surface area contributed by atoms with E-state index in [1.54, 1.807) is 0 Å². The lowest BCUT2D eigenvalue weighted by Crippen LogP contribution is -2.44. The van der Waals surface area contributed by atoms with Gasteiger partial charge in [-0.3, -0.25) is 0 Å². The number of aromatic nitrogens is 3. The van der Waals surface area contributed by atoms with Gasteiger partial charge in [-0.15, -0.1) is 0 Å². The van der Waals surface area contributed by atoms with Gasteiger partial charge in [0.1, 0.15) is 18.1 Å². The molecule has 2 aliphatic heterocycles. The highest BCUT2D eigenvalue weighted by Crippen LogP contribution is 2.31.